The van der Waals surface area contributed by atoms with E-state index in [1.165, 1.54) is 5.56 Å². The molecule has 0 aliphatic rings. The Morgan fingerprint density at radius 1 is 1.31 bits per heavy atom. The van der Waals surface area contributed by atoms with Gasteiger partial charge in [0.2, 0.25) is 0 Å². The highest BCUT2D eigenvalue weighted by atomic mass is 14.5. The van der Waals surface area contributed by atoms with Crippen LogP contribution in [-0.2, 0) is 6.42 Å². The van der Waals surface area contributed by atoms with Gasteiger partial charge < -0.3 is 5.73 Å². The van der Waals surface area contributed by atoms with Crippen molar-refractivity contribution in [2.45, 2.75) is 19.8 Å². The number of hydrogen-bond acceptors (Lipinski definition) is 1. The van der Waals surface area contributed by atoms with E-state index in [1.54, 1.807) is 0 Å². The maximum absolute atomic E-state index is 5.33. The lowest BCUT2D eigenvalue weighted by atomic mass is 10.0. The quantitative estimate of drug-likeness (QED) is 0.680. The predicted octanol–water partition coefficient (Wildman–Crippen LogP) is 1.95. The molecule has 2 N–H and O–H groups in total. The molecular formula is C12H15N. The second kappa shape index (κ2) is 5.40. The van der Waals surface area contributed by atoms with E-state index in [9.17, 15) is 0 Å². The summed E-state index contributed by atoms with van der Waals surface area (Å²) in [5.74, 6) is 5.96. The first-order valence-electron chi connectivity index (χ1n) is 4.65. The average Bonchev–Trinajstić information content (AvgIpc) is 2.17. The SMILES string of the molecule is CCCc1ccccc1C#CCN. The summed E-state index contributed by atoms with van der Waals surface area (Å²) >= 11 is 0. The van der Waals surface area contributed by atoms with Crippen LogP contribution < -0.4 is 5.73 Å². The van der Waals surface area contributed by atoms with Crippen LogP contribution in [0.3, 0.4) is 0 Å². The Morgan fingerprint density at radius 2 is 2.08 bits per heavy atom. The molecule has 0 unspecified atom stereocenters. The molecule has 0 spiro atoms. The topological polar surface area (TPSA) is 26.0 Å². The monoisotopic (exact) mass is 173 g/mol. The van der Waals surface area contributed by atoms with Gasteiger partial charge in [0, 0.05) is 5.56 Å². The minimum absolute atomic E-state index is 0.431. The smallest absolute Gasteiger partial charge is 0.0555 e. The molecule has 0 aliphatic carbocycles. The molecule has 0 aliphatic heterocycles. The van der Waals surface area contributed by atoms with Crippen molar-refractivity contribution in [2.75, 3.05) is 6.54 Å². The third-order valence-electron chi connectivity index (χ3n) is 1.86. The van der Waals surface area contributed by atoms with Gasteiger partial charge in [-0.1, -0.05) is 43.4 Å². The normalized spacial score (nSPS) is 9.08. The average molecular weight is 173 g/mol. The Morgan fingerprint density at radius 3 is 2.77 bits per heavy atom. The molecule has 1 aromatic carbocycles. The lowest BCUT2D eigenvalue weighted by Crippen LogP contribution is -1.94. The van der Waals surface area contributed by atoms with Gasteiger partial charge in [-0.2, -0.15) is 0 Å². The number of rotatable bonds is 2. The van der Waals surface area contributed by atoms with E-state index in [-0.39, 0.29) is 0 Å². The number of nitrogens with two attached hydrogens (primary N) is 1. The third-order valence-corrected chi connectivity index (χ3v) is 1.86. The van der Waals surface area contributed by atoms with Gasteiger partial charge in [0.05, 0.1) is 6.54 Å². The van der Waals surface area contributed by atoms with Crippen molar-refractivity contribution in [3.63, 3.8) is 0 Å². The van der Waals surface area contributed by atoms with Crippen LogP contribution in [0, 0.1) is 11.8 Å². The van der Waals surface area contributed by atoms with Gasteiger partial charge in [-0.15, -0.1) is 0 Å². The minimum Gasteiger partial charge on any atom is -0.320 e. The van der Waals surface area contributed by atoms with E-state index in [0.717, 1.165) is 18.4 Å². The van der Waals surface area contributed by atoms with Crippen LogP contribution in [0.4, 0.5) is 0 Å². The van der Waals surface area contributed by atoms with E-state index >= 15 is 0 Å². The van der Waals surface area contributed by atoms with Crippen LogP contribution >= 0.6 is 0 Å². The maximum Gasteiger partial charge on any atom is 0.0555 e. The lowest BCUT2D eigenvalue weighted by Gasteiger charge is -2.00. The molecular weight excluding hydrogens is 158 g/mol. The Kier molecular flexibility index (Phi) is 4.08. The summed E-state index contributed by atoms with van der Waals surface area (Å²) in [7, 11) is 0. The van der Waals surface area contributed by atoms with Crippen molar-refractivity contribution in [3.8, 4) is 11.8 Å². The molecule has 0 heterocycles. The third kappa shape index (κ3) is 2.93. The fourth-order valence-electron chi connectivity index (χ4n) is 1.28. The zero-order valence-electron chi connectivity index (χ0n) is 8.01. The molecule has 0 saturated carbocycles. The van der Waals surface area contributed by atoms with Crippen LogP contribution in [-0.4, -0.2) is 6.54 Å². The van der Waals surface area contributed by atoms with Crippen molar-refractivity contribution in [1.82, 2.24) is 0 Å². The van der Waals surface area contributed by atoms with E-state index in [4.69, 9.17) is 5.73 Å². The molecule has 1 rings (SSSR count). The molecule has 1 nitrogen and oxygen atoms in total. The molecule has 0 amide bonds. The lowest BCUT2D eigenvalue weighted by molar-refractivity contribution is 0.919. The predicted molar refractivity (Wildman–Crippen MR) is 56.4 cm³/mol. The molecule has 68 valence electrons. The van der Waals surface area contributed by atoms with Crippen molar-refractivity contribution >= 4 is 0 Å². The summed E-state index contributed by atoms with van der Waals surface area (Å²) in [4.78, 5) is 0. The van der Waals surface area contributed by atoms with Crippen LogP contribution in [0.2, 0.25) is 0 Å². The Bertz CT molecular complexity index is 317. The Hall–Kier alpha value is -1.26. The molecule has 0 saturated heterocycles. The second-order valence-corrected chi connectivity index (χ2v) is 2.91. The van der Waals surface area contributed by atoms with E-state index in [2.05, 4.69) is 30.9 Å². The molecule has 0 bridgehead atoms. The summed E-state index contributed by atoms with van der Waals surface area (Å²) in [6.45, 7) is 2.60. The largest absolute Gasteiger partial charge is 0.320 e. The first-order chi connectivity index (χ1) is 6.38. The number of benzene rings is 1. The highest BCUT2D eigenvalue weighted by Crippen LogP contribution is 2.09. The number of aryl methyl sites for hydroxylation is 1. The molecule has 0 aromatic heterocycles. The van der Waals surface area contributed by atoms with Gasteiger partial charge in [0.25, 0.3) is 0 Å². The van der Waals surface area contributed by atoms with Crippen LogP contribution in [0.1, 0.15) is 24.5 Å². The van der Waals surface area contributed by atoms with Gasteiger partial charge >= 0.3 is 0 Å². The summed E-state index contributed by atoms with van der Waals surface area (Å²) < 4.78 is 0. The van der Waals surface area contributed by atoms with E-state index < -0.39 is 0 Å². The zero-order valence-corrected chi connectivity index (χ0v) is 8.01. The minimum atomic E-state index is 0.431. The summed E-state index contributed by atoms with van der Waals surface area (Å²) in [5.41, 5.74) is 7.77. The van der Waals surface area contributed by atoms with Gasteiger partial charge in [-0.25, -0.2) is 0 Å². The zero-order chi connectivity index (χ0) is 9.52. The highest BCUT2D eigenvalue weighted by molar-refractivity contribution is 5.41. The van der Waals surface area contributed by atoms with Crippen molar-refractivity contribution in [2.24, 2.45) is 5.73 Å². The molecule has 0 radical (unpaired) electrons. The van der Waals surface area contributed by atoms with Crippen molar-refractivity contribution in [1.29, 1.82) is 0 Å². The molecule has 1 heteroatoms. The van der Waals surface area contributed by atoms with E-state index in [0.29, 0.717) is 6.54 Å². The van der Waals surface area contributed by atoms with Gasteiger partial charge in [-0.3, -0.25) is 0 Å². The standard InChI is InChI=1S/C12H15N/c1-2-6-11-7-3-4-8-12(11)9-5-10-13/h3-4,7-8H,2,6,10,13H2,1H3. The molecule has 0 fully saturated rings. The van der Waals surface area contributed by atoms with Crippen LogP contribution in [0.15, 0.2) is 24.3 Å². The summed E-state index contributed by atoms with van der Waals surface area (Å²) in [6, 6.07) is 8.25. The van der Waals surface area contributed by atoms with Crippen LogP contribution in [0.5, 0.6) is 0 Å². The van der Waals surface area contributed by atoms with Crippen molar-refractivity contribution < 1.29 is 0 Å². The van der Waals surface area contributed by atoms with Crippen LogP contribution in [0.25, 0.3) is 0 Å². The summed E-state index contributed by atoms with van der Waals surface area (Å²) in [6.07, 6.45) is 2.25. The fraction of sp³-hybridized carbons (Fsp3) is 0.333. The Balaban J connectivity index is 2.90. The number of hydrogen-bond donors (Lipinski definition) is 1. The van der Waals surface area contributed by atoms with Gasteiger partial charge in [-0.05, 0) is 18.1 Å². The van der Waals surface area contributed by atoms with Gasteiger partial charge in [0.15, 0.2) is 0 Å². The molecule has 13 heavy (non-hydrogen) atoms. The highest BCUT2D eigenvalue weighted by Gasteiger charge is 1.95. The molecule has 1 aromatic rings. The van der Waals surface area contributed by atoms with Gasteiger partial charge in [0.1, 0.15) is 0 Å². The Labute approximate surface area is 80.0 Å². The van der Waals surface area contributed by atoms with Crippen molar-refractivity contribution in [3.05, 3.63) is 35.4 Å². The summed E-state index contributed by atoms with van der Waals surface area (Å²) in [5, 5.41) is 0. The first-order valence-corrected chi connectivity index (χ1v) is 4.65. The first kappa shape index (κ1) is 9.83. The maximum atomic E-state index is 5.33. The molecule has 0 atom stereocenters. The van der Waals surface area contributed by atoms with E-state index in [1.807, 2.05) is 12.1 Å². The second-order valence-electron chi connectivity index (χ2n) is 2.91. The fourth-order valence-corrected chi connectivity index (χ4v) is 1.28.